The molecule has 6 nitrogen and oxygen atoms in total. The highest BCUT2D eigenvalue weighted by molar-refractivity contribution is 5.72. The second-order valence-electron chi connectivity index (χ2n) is 4.00. The van der Waals surface area contributed by atoms with Crippen molar-refractivity contribution < 1.29 is 28.9 Å². The van der Waals surface area contributed by atoms with Crippen LogP contribution < -0.4 is 0 Å². The molecule has 0 amide bonds. The number of carboxylic acid groups (broad SMARTS) is 1. The molecule has 20 heavy (non-hydrogen) atoms. The van der Waals surface area contributed by atoms with Crippen molar-refractivity contribution >= 4 is 11.9 Å². The van der Waals surface area contributed by atoms with Gasteiger partial charge in [0.2, 0.25) is 0 Å². The number of carbonyl (C=O) groups is 2. The molecule has 0 heterocycles. The first-order valence-corrected chi connectivity index (χ1v) is 7.04. The zero-order valence-corrected chi connectivity index (χ0v) is 13.0. The van der Waals surface area contributed by atoms with Crippen LogP contribution in [0.15, 0.2) is 0 Å². The lowest BCUT2D eigenvalue weighted by molar-refractivity contribution is -0.150. The van der Waals surface area contributed by atoms with Crippen LogP contribution in [-0.4, -0.2) is 49.6 Å². The van der Waals surface area contributed by atoms with Crippen molar-refractivity contribution in [2.24, 2.45) is 0 Å². The number of carboxylic acids is 1. The Kier molecular flexibility index (Phi) is 16.8. The van der Waals surface area contributed by atoms with Gasteiger partial charge in [0.25, 0.3) is 0 Å². The van der Waals surface area contributed by atoms with E-state index >= 15 is 0 Å². The topological polar surface area (TPSA) is 82.1 Å². The summed E-state index contributed by atoms with van der Waals surface area (Å²) < 4.78 is 14.7. The van der Waals surface area contributed by atoms with E-state index in [0.29, 0.717) is 26.2 Å². The summed E-state index contributed by atoms with van der Waals surface area (Å²) in [4.78, 5) is 20.5. The Labute approximate surface area is 121 Å². The first kappa shape index (κ1) is 21.2. The third-order valence-corrected chi connectivity index (χ3v) is 2.19. The molecule has 0 saturated carbocycles. The van der Waals surface area contributed by atoms with E-state index in [-0.39, 0.29) is 5.97 Å². The van der Waals surface area contributed by atoms with Crippen molar-refractivity contribution in [3.05, 3.63) is 0 Å². The van der Waals surface area contributed by atoms with Crippen LogP contribution in [0.3, 0.4) is 0 Å². The zero-order valence-electron chi connectivity index (χ0n) is 13.0. The number of aliphatic carboxylic acids is 1. The number of hydrogen-bond acceptors (Lipinski definition) is 5. The molecule has 0 saturated heterocycles. The number of hydrogen-bond donors (Lipinski definition) is 1. The predicted octanol–water partition coefficient (Wildman–Crippen LogP) is 2.25. The maximum absolute atomic E-state index is 10.3. The van der Waals surface area contributed by atoms with Crippen LogP contribution in [0.5, 0.6) is 0 Å². The maximum Gasteiger partial charge on any atom is 0.332 e. The van der Waals surface area contributed by atoms with Crippen molar-refractivity contribution in [2.75, 3.05) is 26.4 Å². The molecule has 0 rings (SSSR count). The fraction of sp³-hybridized carbons (Fsp3) is 0.857. The Morgan fingerprint density at radius 1 is 1.10 bits per heavy atom. The van der Waals surface area contributed by atoms with E-state index in [2.05, 4.69) is 11.7 Å². The molecule has 6 heteroatoms. The van der Waals surface area contributed by atoms with Crippen LogP contribution in [-0.2, 0) is 23.8 Å². The fourth-order valence-corrected chi connectivity index (χ4v) is 1.16. The summed E-state index contributed by atoms with van der Waals surface area (Å²) in [6, 6.07) is 0. The molecule has 0 spiro atoms. The first-order chi connectivity index (χ1) is 9.49. The fourth-order valence-electron chi connectivity index (χ4n) is 1.16. The van der Waals surface area contributed by atoms with E-state index < -0.39 is 12.1 Å². The smallest absolute Gasteiger partial charge is 0.332 e. The van der Waals surface area contributed by atoms with Gasteiger partial charge in [0.05, 0.1) is 6.61 Å². The first-order valence-electron chi connectivity index (χ1n) is 7.04. The Morgan fingerprint density at radius 2 is 1.75 bits per heavy atom. The standard InChI is InChI=1S/C8H16O3.C6H12O3/c1-3-4-5-10-6-7-11-8(2)9;1-3-5(6(7)8)9-4-2/h3-7H2,1-2H3;5H,3-4H2,1-2H3,(H,7,8). The summed E-state index contributed by atoms with van der Waals surface area (Å²) in [5.74, 6) is -1.12. The van der Waals surface area contributed by atoms with Crippen molar-refractivity contribution in [1.29, 1.82) is 0 Å². The van der Waals surface area contributed by atoms with Gasteiger partial charge in [0.1, 0.15) is 6.61 Å². The summed E-state index contributed by atoms with van der Waals surface area (Å²) in [5, 5.41) is 8.38. The van der Waals surface area contributed by atoms with Crippen molar-refractivity contribution in [3.8, 4) is 0 Å². The Balaban J connectivity index is 0. The molecule has 0 aliphatic carbocycles. The van der Waals surface area contributed by atoms with Gasteiger partial charge < -0.3 is 19.3 Å². The molecule has 0 aromatic heterocycles. The molecular weight excluding hydrogens is 264 g/mol. The summed E-state index contributed by atoms with van der Waals surface area (Å²) in [7, 11) is 0. The van der Waals surface area contributed by atoms with Crippen LogP contribution >= 0.6 is 0 Å². The van der Waals surface area contributed by atoms with Crippen LogP contribution in [0.2, 0.25) is 0 Å². The quantitative estimate of drug-likeness (QED) is 0.491. The molecule has 0 aromatic rings. The van der Waals surface area contributed by atoms with Crippen molar-refractivity contribution in [2.45, 2.75) is 53.1 Å². The molecular formula is C14H28O6. The average molecular weight is 292 g/mol. The Hall–Kier alpha value is -1.14. The summed E-state index contributed by atoms with van der Waals surface area (Å²) in [5.41, 5.74) is 0. The van der Waals surface area contributed by atoms with E-state index in [1.165, 1.54) is 6.92 Å². The van der Waals surface area contributed by atoms with Crippen molar-refractivity contribution in [1.82, 2.24) is 0 Å². The molecule has 0 aliphatic heterocycles. The van der Waals surface area contributed by atoms with Gasteiger partial charge in [-0.3, -0.25) is 4.79 Å². The van der Waals surface area contributed by atoms with Crippen LogP contribution in [0.1, 0.15) is 47.0 Å². The number of ether oxygens (including phenoxy) is 3. The lowest BCUT2D eigenvalue weighted by Gasteiger charge is -2.07. The third kappa shape index (κ3) is 16.9. The molecule has 0 aromatic carbocycles. The highest BCUT2D eigenvalue weighted by Gasteiger charge is 2.13. The number of esters is 1. The molecule has 0 bridgehead atoms. The Morgan fingerprint density at radius 3 is 2.10 bits per heavy atom. The van der Waals surface area contributed by atoms with Gasteiger partial charge in [0, 0.05) is 20.1 Å². The van der Waals surface area contributed by atoms with Crippen LogP contribution in [0.25, 0.3) is 0 Å². The minimum absolute atomic E-state index is 0.246. The number of unbranched alkanes of at least 4 members (excludes halogenated alkanes) is 1. The summed E-state index contributed by atoms with van der Waals surface area (Å²) in [6.45, 7) is 9.18. The molecule has 0 fully saturated rings. The van der Waals surface area contributed by atoms with E-state index in [4.69, 9.17) is 14.6 Å². The summed E-state index contributed by atoms with van der Waals surface area (Å²) in [6.07, 6.45) is 2.12. The molecule has 1 atom stereocenters. The monoisotopic (exact) mass is 292 g/mol. The maximum atomic E-state index is 10.3. The van der Waals surface area contributed by atoms with Gasteiger partial charge in [-0.25, -0.2) is 4.79 Å². The SMILES string of the molecule is CCCCOCCOC(C)=O.CCOC(CC)C(=O)O. The van der Waals surface area contributed by atoms with Gasteiger partial charge in [0.15, 0.2) is 6.10 Å². The lowest BCUT2D eigenvalue weighted by Crippen LogP contribution is -2.22. The zero-order chi connectivity index (χ0) is 15.8. The minimum atomic E-state index is -0.876. The van der Waals surface area contributed by atoms with Crippen molar-refractivity contribution in [3.63, 3.8) is 0 Å². The van der Waals surface area contributed by atoms with Crippen LogP contribution in [0, 0.1) is 0 Å². The van der Waals surface area contributed by atoms with Gasteiger partial charge in [-0.2, -0.15) is 0 Å². The molecule has 1 N–H and O–H groups in total. The van der Waals surface area contributed by atoms with E-state index in [9.17, 15) is 9.59 Å². The number of carbonyl (C=O) groups excluding carboxylic acids is 1. The molecule has 120 valence electrons. The predicted molar refractivity (Wildman–Crippen MR) is 75.7 cm³/mol. The van der Waals surface area contributed by atoms with E-state index in [1.54, 1.807) is 13.8 Å². The van der Waals surface area contributed by atoms with Gasteiger partial charge >= 0.3 is 11.9 Å². The second kappa shape index (κ2) is 15.9. The molecule has 1 unspecified atom stereocenters. The van der Waals surface area contributed by atoms with E-state index in [0.717, 1.165) is 19.4 Å². The minimum Gasteiger partial charge on any atom is -0.479 e. The van der Waals surface area contributed by atoms with Gasteiger partial charge in [-0.05, 0) is 19.8 Å². The highest BCUT2D eigenvalue weighted by Crippen LogP contribution is 1.96. The molecule has 0 aliphatic rings. The summed E-state index contributed by atoms with van der Waals surface area (Å²) >= 11 is 0. The normalized spacial score (nSPS) is 11.2. The number of rotatable bonds is 10. The highest BCUT2D eigenvalue weighted by atomic mass is 16.6. The molecule has 0 radical (unpaired) electrons. The lowest BCUT2D eigenvalue weighted by atomic mass is 10.3. The Bertz CT molecular complexity index is 242. The second-order valence-corrected chi connectivity index (χ2v) is 4.00. The van der Waals surface area contributed by atoms with E-state index in [1.807, 2.05) is 0 Å². The van der Waals surface area contributed by atoms with Gasteiger partial charge in [-0.15, -0.1) is 0 Å². The average Bonchev–Trinajstić information content (AvgIpc) is 2.40. The third-order valence-electron chi connectivity index (χ3n) is 2.19. The van der Waals surface area contributed by atoms with Crippen LogP contribution in [0.4, 0.5) is 0 Å². The van der Waals surface area contributed by atoms with Gasteiger partial charge in [-0.1, -0.05) is 20.3 Å². The largest absolute Gasteiger partial charge is 0.479 e.